The molecule has 5 atom stereocenters. The molecule has 0 aromatic heterocycles. The minimum Gasteiger partial charge on any atom is -0.459 e. The zero-order valence-electron chi connectivity index (χ0n) is 15.9. The first-order valence-electron chi connectivity index (χ1n) is 9.03. The minimum atomic E-state index is -1.26. The van der Waals surface area contributed by atoms with Crippen LogP contribution in [0.1, 0.15) is 33.1 Å². The highest BCUT2D eigenvalue weighted by Crippen LogP contribution is 2.32. The predicted molar refractivity (Wildman–Crippen MR) is 97.2 cm³/mol. The van der Waals surface area contributed by atoms with E-state index in [4.69, 9.17) is 20.6 Å². The van der Waals surface area contributed by atoms with Gasteiger partial charge in [-0.05, 0) is 25.3 Å². The second kappa shape index (κ2) is 10.4. The summed E-state index contributed by atoms with van der Waals surface area (Å²) >= 11 is 0. The van der Waals surface area contributed by atoms with Crippen molar-refractivity contribution in [2.45, 2.75) is 64.1 Å². The molecule has 1 amide bonds. The van der Waals surface area contributed by atoms with Gasteiger partial charge in [-0.3, -0.25) is 15.4 Å². The Bertz CT molecular complexity index is 640. The molecule has 1 saturated carbocycles. The molecule has 2 fully saturated rings. The first-order chi connectivity index (χ1) is 13.3. The molecule has 0 bridgehead atoms. The third-order valence-electron chi connectivity index (χ3n) is 4.36. The summed E-state index contributed by atoms with van der Waals surface area (Å²) in [7, 11) is 0. The van der Waals surface area contributed by atoms with Crippen LogP contribution in [0.25, 0.3) is 0 Å². The number of carbonyl (C=O) groups excluding carboxylic acids is 2. The molecule has 1 aliphatic carbocycles. The number of alkyl carbamates (subject to hydrolysis) is 1. The van der Waals surface area contributed by atoms with Crippen LogP contribution in [0.3, 0.4) is 0 Å². The van der Waals surface area contributed by atoms with Gasteiger partial charge in [-0.15, -0.1) is 6.42 Å². The second-order valence-electron chi connectivity index (χ2n) is 6.63. The van der Waals surface area contributed by atoms with Crippen molar-refractivity contribution in [2.24, 2.45) is 0 Å². The largest absolute Gasteiger partial charge is 0.459 e. The van der Waals surface area contributed by atoms with Crippen molar-refractivity contribution in [3.8, 4) is 12.3 Å². The maximum atomic E-state index is 11.5. The molecule has 0 aromatic rings. The van der Waals surface area contributed by atoms with Gasteiger partial charge in [0.15, 0.2) is 6.35 Å². The van der Waals surface area contributed by atoms with E-state index in [0.717, 1.165) is 18.4 Å². The molecular formula is C18H27N3O7. The van der Waals surface area contributed by atoms with E-state index in [1.54, 1.807) is 6.92 Å². The van der Waals surface area contributed by atoms with E-state index in [2.05, 4.69) is 21.9 Å². The van der Waals surface area contributed by atoms with Gasteiger partial charge in [0.05, 0.1) is 6.54 Å². The van der Waals surface area contributed by atoms with Crippen molar-refractivity contribution in [2.75, 3.05) is 13.2 Å². The standard InChI is InChI=1S/C18H27N3O7/c1-4-7-19-18(25)26-9-14-13(27-11(3)22)8-15(28-14)20-17(24)21-16(23)10(2)12-5-6-12/h1,13-17,20-21,23-24H,5-9H2,2-3H3,(H,19,25). The van der Waals surface area contributed by atoms with Crippen molar-refractivity contribution in [1.82, 2.24) is 16.0 Å². The van der Waals surface area contributed by atoms with Gasteiger partial charge in [0.25, 0.3) is 0 Å². The number of amides is 1. The normalized spacial score (nSPS) is 25.4. The third kappa shape index (κ3) is 7.10. The van der Waals surface area contributed by atoms with E-state index in [1.165, 1.54) is 12.5 Å². The highest BCUT2D eigenvalue weighted by molar-refractivity contribution is 5.67. The van der Waals surface area contributed by atoms with E-state index in [0.29, 0.717) is 0 Å². The van der Waals surface area contributed by atoms with Crippen molar-refractivity contribution >= 4 is 12.1 Å². The van der Waals surface area contributed by atoms with Crippen molar-refractivity contribution in [3.63, 3.8) is 0 Å². The Morgan fingerprint density at radius 1 is 1.36 bits per heavy atom. The molecule has 0 aromatic carbocycles. The first-order valence-corrected chi connectivity index (χ1v) is 9.03. The lowest BCUT2D eigenvalue weighted by molar-refractivity contribution is -0.150. The number of aliphatic hydroxyl groups is 2. The maximum Gasteiger partial charge on any atom is 0.407 e. The fourth-order valence-electron chi connectivity index (χ4n) is 2.79. The van der Waals surface area contributed by atoms with Crippen LogP contribution in [0.5, 0.6) is 0 Å². The molecule has 5 N–H and O–H groups in total. The smallest absolute Gasteiger partial charge is 0.407 e. The molecule has 156 valence electrons. The van der Waals surface area contributed by atoms with Gasteiger partial charge in [-0.2, -0.15) is 0 Å². The van der Waals surface area contributed by atoms with Gasteiger partial charge in [0.1, 0.15) is 31.3 Å². The molecule has 10 nitrogen and oxygen atoms in total. The lowest BCUT2D eigenvalue weighted by atomic mass is 10.2. The Hall–Kier alpha value is -2.16. The minimum absolute atomic E-state index is 0.0255. The van der Waals surface area contributed by atoms with Crippen LogP contribution >= 0.6 is 0 Å². The van der Waals surface area contributed by atoms with Gasteiger partial charge < -0.3 is 29.7 Å². The molecule has 5 unspecified atom stereocenters. The summed E-state index contributed by atoms with van der Waals surface area (Å²) in [5, 5.41) is 27.8. The third-order valence-corrected chi connectivity index (χ3v) is 4.36. The number of nitrogens with one attached hydrogen (secondary N) is 3. The zero-order valence-corrected chi connectivity index (χ0v) is 15.9. The topological polar surface area (TPSA) is 138 Å². The van der Waals surface area contributed by atoms with Crippen molar-refractivity contribution < 1.29 is 34.0 Å². The van der Waals surface area contributed by atoms with E-state index in [9.17, 15) is 19.8 Å². The van der Waals surface area contributed by atoms with Gasteiger partial charge in [-0.25, -0.2) is 4.79 Å². The summed E-state index contributed by atoms with van der Waals surface area (Å²) in [5.74, 6) is 1.74. The van der Waals surface area contributed by atoms with Crippen molar-refractivity contribution in [3.05, 3.63) is 11.1 Å². The quantitative estimate of drug-likeness (QED) is 0.148. The highest BCUT2D eigenvalue weighted by atomic mass is 16.6. The number of aliphatic hydroxyl groups excluding tert-OH is 2. The Morgan fingerprint density at radius 3 is 2.68 bits per heavy atom. The zero-order chi connectivity index (χ0) is 20.7. The molecule has 1 aliphatic heterocycles. The van der Waals surface area contributed by atoms with Crippen LogP contribution in [-0.2, 0) is 19.0 Å². The molecule has 28 heavy (non-hydrogen) atoms. The highest BCUT2D eigenvalue weighted by Gasteiger charge is 2.39. The number of carbonyl (C=O) groups is 2. The van der Waals surface area contributed by atoms with Crippen LogP contribution < -0.4 is 16.0 Å². The van der Waals surface area contributed by atoms with Crippen LogP contribution in [-0.4, -0.2) is 66.4 Å². The average Bonchev–Trinajstić information content (AvgIpc) is 3.40. The number of terminal acetylenes is 1. The summed E-state index contributed by atoms with van der Waals surface area (Å²) in [6.07, 6.45) is 2.18. The SMILES string of the molecule is C#CCNC(=O)OCC1OC(NC(O)NC(O)C(C)=C2CC2)CC1OC(C)=O. The molecule has 10 heteroatoms. The molecule has 0 spiro atoms. The maximum absolute atomic E-state index is 11.5. The monoisotopic (exact) mass is 397 g/mol. The summed E-state index contributed by atoms with van der Waals surface area (Å²) in [5.41, 5.74) is 1.95. The summed E-state index contributed by atoms with van der Waals surface area (Å²) < 4.78 is 15.9. The van der Waals surface area contributed by atoms with Gasteiger partial charge in [-0.1, -0.05) is 11.5 Å². The summed E-state index contributed by atoms with van der Waals surface area (Å²) in [6.45, 7) is 2.93. The Labute approximate surface area is 163 Å². The second-order valence-corrected chi connectivity index (χ2v) is 6.63. The van der Waals surface area contributed by atoms with Gasteiger partial charge in [0.2, 0.25) is 0 Å². The Kier molecular flexibility index (Phi) is 8.22. The van der Waals surface area contributed by atoms with Gasteiger partial charge in [0, 0.05) is 13.3 Å². The molecular weight excluding hydrogens is 370 g/mol. The lowest BCUT2D eigenvalue weighted by Crippen LogP contribution is -2.51. The van der Waals surface area contributed by atoms with E-state index >= 15 is 0 Å². The molecule has 0 radical (unpaired) electrons. The van der Waals surface area contributed by atoms with Crippen LogP contribution in [0, 0.1) is 12.3 Å². The Morgan fingerprint density at radius 2 is 2.07 bits per heavy atom. The van der Waals surface area contributed by atoms with Crippen molar-refractivity contribution in [1.29, 1.82) is 0 Å². The van der Waals surface area contributed by atoms with E-state index < -0.39 is 43.1 Å². The summed E-state index contributed by atoms with van der Waals surface area (Å²) in [4.78, 5) is 22.8. The molecule has 1 heterocycles. The predicted octanol–water partition coefficient (Wildman–Crippen LogP) is -0.724. The average molecular weight is 397 g/mol. The fourth-order valence-corrected chi connectivity index (χ4v) is 2.79. The number of esters is 1. The molecule has 2 aliphatic rings. The first kappa shape index (κ1) is 22.1. The number of ether oxygens (including phenoxy) is 3. The van der Waals surface area contributed by atoms with Crippen LogP contribution in [0.4, 0.5) is 4.79 Å². The van der Waals surface area contributed by atoms with E-state index in [-0.39, 0.29) is 19.6 Å². The van der Waals surface area contributed by atoms with E-state index in [1.807, 2.05) is 0 Å². The number of rotatable bonds is 9. The molecule has 1 saturated heterocycles. The number of hydrogen-bond donors (Lipinski definition) is 5. The van der Waals surface area contributed by atoms with Crippen LogP contribution in [0.2, 0.25) is 0 Å². The summed E-state index contributed by atoms with van der Waals surface area (Å²) in [6, 6.07) is 0. The van der Waals surface area contributed by atoms with Crippen LogP contribution in [0.15, 0.2) is 11.1 Å². The lowest BCUT2D eigenvalue weighted by Gasteiger charge is -2.23. The Balaban J connectivity index is 1.84. The fraction of sp³-hybridized carbons (Fsp3) is 0.667. The molecule has 2 rings (SSSR count). The number of hydrogen-bond acceptors (Lipinski definition) is 9. The number of allylic oxidation sites excluding steroid dienone is 1. The van der Waals surface area contributed by atoms with Gasteiger partial charge >= 0.3 is 12.1 Å².